The van der Waals surface area contributed by atoms with Crippen molar-refractivity contribution in [2.45, 2.75) is 27.8 Å². The molecule has 1 aromatic rings. The molecule has 1 heterocycles. The summed E-state index contributed by atoms with van der Waals surface area (Å²) in [5.41, 5.74) is 5.94. The van der Waals surface area contributed by atoms with Crippen molar-refractivity contribution < 1.29 is 9.59 Å². The van der Waals surface area contributed by atoms with E-state index in [1.54, 1.807) is 18.7 Å². The standard InChI is InChI=1S/C10H14N4O2S3/c1-5(2)4-17-9-13-14-10(19-9)18-6(3)7(15)12-8(11)16/h6H,1,4H2,2-3H3,(H3,11,12,15,16)/t6-/m1/s1. The van der Waals surface area contributed by atoms with Crippen LogP contribution in [-0.2, 0) is 4.79 Å². The molecule has 1 rings (SSSR count). The van der Waals surface area contributed by atoms with E-state index in [-0.39, 0.29) is 0 Å². The highest BCUT2D eigenvalue weighted by atomic mass is 32.2. The number of hydrogen-bond donors (Lipinski definition) is 2. The maximum Gasteiger partial charge on any atom is 0.318 e. The molecule has 19 heavy (non-hydrogen) atoms. The molecule has 1 atom stereocenters. The summed E-state index contributed by atoms with van der Waals surface area (Å²) < 4.78 is 1.50. The molecule has 0 saturated carbocycles. The van der Waals surface area contributed by atoms with Crippen LogP contribution in [0.1, 0.15) is 13.8 Å². The molecule has 1 aromatic heterocycles. The Hall–Kier alpha value is -1.06. The number of nitrogens with two attached hydrogens (primary N) is 1. The van der Waals surface area contributed by atoms with Crippen LogP contribution in [0.3, 0.4) is 0 Å². The normalized spacial score (nSPS) is 11.9. The maximum atomic E-state index is 11.5. The van der Waals surface area contributed by atoms with E-state index in [1.165, 1.54) is 23.1 Å². The SMILES string of the molecule is C=C(C)CSc1nnc(S[C@H](C)C(=O)NC(N)=O)s1. The molecular formula is C10H14N4O2S3. The fourth-order valence-corrected chi connectivity index (χ4v) is 3.92. The summed E-state index contributed by atoms with van der Waals surface area (Å²) in [7, 11) is 0. The highest BCUT2D eigenvalue weighted by Crippen LogP contribution is 2.31. The number of carbonyl (C=O) groups is 2. The molecule has 0 unspecified atom stereocenters. The summed E-state index contributed by atoms with van der Waals surface area (Å²) in [6, 6.07) is -0.854. The summed E-state index contributed by atoms with van der Waals surface area (Å²) in [6.07, 6.45) is 0. The zero-order valence-corrected chi connectivity index (χ0v) is 13.0. The van der Waals surface area contributed by atoms with Crippen LogP contribution >= 0.6 is 34.9 Å². The van der Waals surface area contributed by atoms with E-state index in [1.807, 2.05) is 12.2 Å². The van der Waals surface area contributed by atoms with Gasteiger partial charge in [0.05, 0.1) is 5.25 Å². The quantitative estimate of drug-likeness (QED) is 0.614. The second kappa shape index (κ2) is 7.51. The molecule has 3 N–H and O–H groups in total. The van der Waals surface area contributed by atoms with Gasteiger partial charge >= 0.3 is 6.03 Å². The number of nitrogens with zero attached hydrogens (tertiary/aromatic N) is 2. The van der Waals surface area contributed by atoms with Gasteiger partial charge in [0.25, 0.3) is 0 Å². The lowest BCUT2D eigenvalue weighted by molar-refractivity contribution is -0.119. The summed E-state index contributed by atoms with van der Waals surface area (Å²) in [5.74, 6) is 0.348. The van der Waals surface area contributed by atoms with Crippen molar-refractivity contribution in [3.05, 3.63) is 12.2 Å². The first kappa shape index (κ1) is 16.0. The Balaban J connectivity index is 2.50. The second-order valence-corrected chi connectivity index (χ2v) is 7.48. The van der Waals surface area contributed by atoms with Gasteiger partial charge in [-0.05, 0) is 13.8 Å². The predicted molar refractivity (Wildman–Crippen MR) is 78.5 cm³/mol. The largest absolute Gasteiger partial charge is 0.351 e. The zero-order valence-electron chi connectivity index (χ0n) is 10.5. The second-order valence-electron chi connectivity index (χ2n) is 3.69. The molecule has 3 amide bonds. The minimum absolute atomic E-state index is 0.441. The highest BCUT2D eigenvalue weighted by molar-refractivity contribution is 8.04. The Morgan fingerprint density at radius 2 is 2.11 bits per heavy atom. The van der Waals surface area contributed by atoms with Crippen LogP contribution in [-0.4, -0.2) is 33.1 Å². The van der Waals surface area contributed by atoms with Gasteiger partial charge in [-0.15, -0.1) is 10.2 Å². The third-order valence-corrected chi connectivity index (χ3v) is 5.19. The molecule has 104 valence electrons. The molecule has 0 fully saturated rings. The number of thioether (sulfide) groups is 2. The van der Waals surface area contributed by atoms with E-state index in [4.69, 9.17) is 5.73 Å². The third kappa shape index (κ3) is 6.08. The zero-order chi connectivity index (χ0) is 14.4. The minimum Gasteiger partial charge on any atom is -0.351 e. The molecule has 6 nitrogen and oxygen atoms in total. The van der Waals surface area contributed by atoms with Crippen LogP contribution in [0.4, 0.5) is 4.79 Å². The van der Waals surface area contributed by atoms with Gasteiger partial charge in [0.15, 0.2) is 8.68 Å². The van der Waals surface area contributed by atoms with Crippen molar-refractivity contribution in [3.8, 4) is 0 Å². The van der Waals surface area contributed by atoms with Crippen molar-refractivity contribution in [1.82, 2.24) is 15.5 Å². The third-order valence-electron chi connectivity index (χ3n) is 1.72. The van der Waals surface area contributed by atoms with Gasteiger partial charge in [0.2, 0.25) is 5.91 Å². The van der Waals surface area contributed by atoms with E-state index in [9.17, 15) is 9.59 Å². The molecule has 0 aliphatic heterocycles. The molecule has 0 aromatic carbocycles. The smallest absolute Gasteiger partial charge is 0.318 e. The molecule has 9 heteroatoms. The van der Waals surface area contributed by atoms with Gasteiger partial charge in [0.1, 0.15) is 0 Å². The summed E-state index contributed by atoms with van der Waals surface area (Å²) in [4.78, 5) is 22.1. The number of carbonyl (C=O) groups excluding carboxylic acids is 2. The van der Waals surface area contributed by atoms with Crippen LogP contribution in [0, 0.1) is 0 Å². The van der Waals surface area contributed by atoms with E-state index in [0.717, 1.165) is 15.7 Å². The number of hydrogen-bond acceptors (Lipinski definition) is 7. The number of aromatic nitrogens is 2. The number of urea groups is 1. The number of amides is 3. The monoisotopic (exact) mass is 318 g/mol. The van der Waals surface area contributed by atoms with Crippen LogP contribution in [0.15, 0.2) is 20.8 Å². The lowest BCUT2D eigenvalue weighted by Crippen LogP contribution is -2.39. The van der Waals surface area contributed by atoms with Gasteiger partial charge < -0.3 is 5.73 Å². The Morgan fingerprint density at radius 1 is 1.47 bits per heavy atom. The van der Waals surface area contributed by atoms with Crippen molar-refractivity contribution in [3.63, 3.8) is 0 Å². The number of imide groups is 1. The lowest BCUT2D eigenvalue weighted by Gasteiger charge is -2.06. The van der Waals surface area contributed by atoms with Crippen molar-refractivity contribution in [1.29, 1.82) is 0 Å². The summed E-state index contributed by atoms with van der Waals surface area (Å²) >= 11 is 4.20. The van der Waals surface area contributed by atoms with Gasteiger partial charge in [-0.3, -0.25) is 10.1 Å². The van der Waals surface area contributed by atoms with Crippen LogP contribution < -0.4 is 11.1 Å². The predicted octanol–water partition coefficient (Wildman–Crippen LogP) is 1.88. The molecule has 0 saturated heterocycles. The van der Waals surface area contributed by atoms with Crippen molar-refractivity contribution in [2.75, 3.05) is 5.75 Å². The summed E-state index contributed by atoms with van der Waals surface area (Å²) in [6.45, 7) is 7.43. The Morgan fingerprint density at radius 3 is 2.68 bits per heavy atom. The fourth-order valence-electron chi connectivity index (χ4n) is 0.916. The van der Waals surface area contributed by atoms with Gasteiger partial charge in [-0.1, -0.05) is 47.0 Å². The average molecular weight is 318 g/mol. The average Bonchev–Trinajstić information content (AvgIpc) is 2.73. The van der Waals surface area contributed by atoms with Crippen LogP contribution in [0.2, 0.25) is 0 Å². The number of nitrogens with one attached hydrogen (secondary N) is 1. The van der Waals surface area contributed by atoms with Gasteiger partial charge in [0, 0.05) is 5.75 Å². The van der Waals surface area contributed by atoms with E-state index in [0.29, 0.717) is 4.34 Å². The Kier molecular flexibility index (Phi) is 6.32. The molecule has 0 radical (unpaired) electrons. The first-order valence-corrected chi connectivity index (χ1v) is 7.94. The van der Waals surface area contributed by atoms with Crippen molar-refractivity contribution >= 4 is 46.8 Å². The number of primary amides is 1. The van der Waals surface area contributed by atoms with Gasteiger partial charge in [-0.25, -0.2) is 4.79 Å². The van der Waals surface area contributed by atoms with E-state index < -0.39 is 17.2 Å². The molecule has 0 spiro atoms. The van der Waals surface area contributed by atoms with Crippen LogP contribution in [0.25, 0.3) is 0 Å². The fraction of sp³-hybridized carbons (Fsp3) is 0.400. The first-order chi connectivity index (χ1) is 8.88. The highest BCUT2D eigenvalue weighted by Gasteiger charge is 2.18. The van der Waals surface area contributed by atoms with E-state index >= 15 is 0 Å². The molecular weight excluding hydrogens is 304 g/mol. The molecule has 0 bridgehead atoms. The molecule has 0 aliphatic carbocycles. The van der Waals surface area contributed by atoms with Crippen LogP contribution in [0.5, 0.6) is 0 Å². The lowest BCUT2D eigenvalue weighted by atomic mass is 10.4. The van der Waals surface area contributed by atoms with E-state index in [2.05, 4.69) is 16.8 Å². The Bertz CT molecular complexity index is 489. The maximum absolute atomic E-state index is 11.5. The number of rotatable bonds is 6. The topological polar surface area (TPSA) is 98.0 Å². The molecule has 0 aliphatic rings. The van der Waals surface area contributed by atoms with Crippen molar-refractivity contribution in [2.24, 2.45) is 5.73 Å². The summed E-state index contributed by atoms with van der Waals surface area (Å²) in [5, 5.41) is 9.56. The minimum atomic E-state index is -0.854. The Labute approximate surface area is 123 Å². The van der Waals surface area contributed by atoms with Gasteiger partial charge in [-0.2, -0.15) is 0 Å². The first-order valence-electron chi connectivity index (χ1n) is 5.26.